The molecule has 1 amide bonds. The van der Waals surface area contributed by atoms with E-state index in [-0.39, 0.29) is 18.0 Å². The van der Waals surface area contributed by atoms with E-state index >= 15 is 0 Å². The van der Waals surface area contributed by atoms with Crippen LogP contribution < -0.4 is 10.6 Å². The minimum absolute atomic E-state index is 0.0795. The number of halogens is 2. The molecule has 110 valence electrons. The zero-order valence-electron chi connectivity index (χ0n) is 10.9. The first-order valence-electron chi connectivity index (χ1n) is 6.46. The van der Waals surface area contributed by atoms with Gasteiger partial charge in [-0.1, -0.05) is 16.7 Å². The molecule has 0 radical (unpaired) electrons. The van der Waals surface area contributed by atoms with E-state index in [1.54, 1.807) is 18.2 Å². The Balaban J connectivity index is 1.70. The van der Waals surface area contributed by atoms with Crippen molar-refractivity contribution < 1.29 is 9.21 Å². The molecule has 8 heteroatoms. The van der Waals surface area contributed by atoms with E-state index in [2.05, 4.69) is 43.4 Å². The summed E-state index contributed by atoms with van der Waals surface area (Å²) in [5, 5.41) is 14.2. The number of carbonyl (C=O) groups is 1. The largest absolute Gasteiger partial charge is 0.406 e. The van der Waals surface area contributed by atoms with Gasteiger partial charge in [0.2, 0.25) is 5.89 Å². The second-order valence-corrected chi connectivity index (χ2v) is 6.25. The summed E-state index contributed by atoms with van der Waals surface area (Å²) < 4.78 is 6.35. The molecule has 1 aliphatic heterocycles. The van der Waals surface area contributed by atoms with Crippen molar-refractivity contribution in [1.82, 2.24) is 15.5 Å². The van der Waals surface area contributed by atoms with E-state index in [0.717, 1.165) is 23.0 Å². The molecule has 2 N–H and O–H groups in total. The van der Waals surface area contributed by atoms with Gasteiger partial charge in [0, 0.05) is 9.13 Å². The summed E-state index contributed by atoms with van der Waals surface area (Å²) in [5.41, 5.74) is 0.444. The Morgan fingerprint density at radius 2 is 2.33 bits per heavy atom. The van der Waals surface area contributed by atoms with E-state index < -0.39 is 0 Å². The molecule has 1 aromatic carbocycles. The minimum Gasteiger partial charge on any atom is -0.406 e. The smallest absolute Gasteiger partial charge is 0.322 e. The zero-order chi connectivity index (χ0) is 14.8. The lowest BCUT2D eigenvalue weighted by atomic mass is 10.2. The molecular weight excluding hydrogens is 407 g/mol. The van der Waals surface area contributed by atoms with Gasteiger partial charge in [-0.15, -0.1) is 5.10 Å². The molecule has 1 unspecified atom stereocenters. The van der Waals surface area contributed by atoms with Crippen LogP contribution in [0, 0.1) is 3.57 Å². The molecule has 1 saturated heterocycles. The summed E-state index contributed by atoms with van der Waals surface area (Å²) in [6.45, 7) is 0.940. The van der Waals surface area contributed by atoms with Gasteiger partial charge in [-0.2, -0.15) is 0 Å². The van der Waals surface area contributed by atoms with Crippen molar-refractivity contribution in [1.29, 1.82) is 0 Å². The van der Waals surface area contributed by atoms with Crippen LogP contribution in [0.15, 0.2) is 22.6 Å². The summed E-state index contributed by atoms with van der Waals surface area (Å²) >= 11 is 8.11. The topological polar surface area (TPSA) is 80.0 Å². The molecule has 3 rings (SSSR count). The second-order valence-electron chi connectivity index (χ2n) is 4.68. The highest BCUT2D eigenvalue weighted by atomic mass is 127. The molecule has 21 heavy (non-hydrogen) atoms. The summed E-state index contributed by atoms with van der Waals surface area (Å²) in [5.74, 6) is 0.173. The van der Waals surface area contributed by atoms with Crippen molar-refractivity contribution in [3.05, 3.63) is 38.2 Å². The lowest BCUT2D eigenvalue weighted by Crippen LogP contribution is -2.13. The van der Waals surface area contributed by atoms with Crippen molar-refractivity contribution in [3.63, 3.8) is 0 Å². The maximum atomic E-state index is 12.1. The maximum absolute atomic E-state index is 12.1. The van der Waals surface area contributed by atoms with Gasteiger partial charge in [0.25, 0.3) is 5.91 Å². The molecule has 0 bridgehead atoms. The number of hydrogen-bond donors (Lipinski definition) is 2. The van der Waals surface area contributed by atoms with Crippen LogP contribution in [-0.2, 0) is 0 Å². The number of nitrogens with one attached hydrogen (secondary N) is 2. The highest BCUT2D eigenvalue weighted by Crippen LogP contribution is 2.23. The number of rotatable bonds is 3. The highest BCUT2D eigenvalue weighted by Gasteiger charge is 2.22. The molecule has 0 saturated carbocycles. The van der Waals surface area contributed by atoms with Gasteiger partial charge in [-0.05, 0) is 60.2 Å². The summed E-state index contributed by atoms with van der Waals surface area (Å²) in [4.78, 5) is 12.1. The first kappa shape index (κ1) is 14.7. The fourth-order valence-corrected chi connectivity index (χ4v) is 2.64. The zero-order valence-corrected chi connectivity index (χ0v) is 13.8. The third-order valence-electron chi connectivity index (χ3n) is 3.20. The number of hydrogen-bond acceptors (Lipinski definition) is 5. The van der Waals surface area contributed by atoms with Crippen LogP contribution in [0.4, 0.5) is 6.01 Å². The number of anilines is 1. The van der Waals surface area contributed by atoms with E-state index in [4.69, 9.17) is 16.0 Å². The normalized spacial score (nSPS) is 17.9. The Bertz CT molecular complexity index is 670. The lowest BCUT2D eigenvalue weighted by Gasteiger charge is -2.04. The van der Waals surface area contributed by atoms with E-state index in [1.807, 2.05) is 0 Å². The van der Waals surface area contributed by atoms with Crippen LogP contribution >= 0.6 is 34.2 Å². The predicted molar refractivity (Wildman–Crippen MR) is 86.4 cm³/mol. The highest BCUT2D eigenvalue weighted by molar-refractivity contribution is 14.1. The summed E-state index contributed by atoms with van der Waals surface area (Å²) in [7, 11) is 0. The van der Waals surface area contributed by atoms with Gasteiger partial charge in [-0.25, -0.2) is 0 Å². The van der Waals surface area contributed by atoms with Crippen molar-refractivity contribution in [2.24, 2.45) is 0 Å². The van der Waals surface area contributed by atoms with Gasteiger partial charge < -0.3 is 9.73 Å². The molecule has 0 aliphatic carbocycles. The first-order chi connectivity index (χ1) is 10.1. The van der Waals surface area contributed by atoms with Gasteiger partial charge in [-0.3, -0.25) is 10.1 Å². The van der Waals surface area contributed by atoms with Gasteiger partial charge in [0.15, 0.2) is 0 Å². The molecule has 1 atom stereocenters. The van der Waals surface area contributed by atoms with E-state index in [0.29, 0.717) is 16.5 Å². The first-order valence-corrected chi connectivity index (χ1v) is 7.92. The number of aromatic nitrogens is 2. The van der Waals surface area contributed by atoms with Crippen LogP contribution in [0.3, 0.4) is 0 Å². The maximum Gasteiger partial charge on any atom is 0.322 e. The Hall–Kier alpha value is -1.19. The van der Waals surface area contributed by atoms with Crippen molar-refractivity contribution in [2.45, 2.75) is 18.9 Å². The standard InChI is InChI=1S/C13H12ClIN4O2/c14-8-6-7(3-4-9(8)15)11(20)17-13-19-18-12(21-13)10-2-1-5-16-10/h3-4,6,10,16H,1-2,5H2,(H,17,19,20). The van der Waals surface area contributed by atoms with E-state index in [9.17, 15) is 4.79 Å². The predicted octanol–water partition coefficient (Wildman–Crippen LogP) is 3.00. The van der Waals surface area contributed by atoms with Crippen molar-refractivity contribution in [2.75, 3.05) is 11.9 Å². The average Bonchev–Trinajstić information content (AvgIpc) is 3.12. The number of benzene rings is 1. The average molecular weight is 419 g/mol. The number of nitrogens with zero attached hydrogens (tertiary/aromatic N) is 2. The SMILES string of the molecule is O=C(Nc1nnc(C2CCCN2)o1)c1ccc(I)c(Cl)c1. The Kier molecular flexibility index (Phi) is 4.41. The van der Waals surface area contributed by atoms with Gasteiger partial charge in [0.05, 0.1) is 11.1 Å². The Labute approximate surface area is 139 Å². The monoisotopic (exact) mass is 418 g/mol. The van der Waals surface area contributed by atoms with Crippen LogP contribution in [0.2, 0.25) is 5.02 Å². The molecule has 1 fully saturated rings. The quantitative estimate of drug-likeness (QED) is 0.749. The molecule has 0 spiro atoms. The summed E-state index contributed by atoms with van der Waals surface area (Å²) in [6.07, 6.45) is 2.04. The number of amides is 1. The lowest BCUT2D eigenvalue weighted by molar-refractivity contribution is 0.102. The molecule has 2 heterocycles. The minimum atomic E-state index is -0.331. The fraction of sp³-hybridized carbons (Fsp3) is 0.308. The van der Waals surface area contributed by atoms with Gasteiger partial charge >= 0.3 is 6.01 Å². The summed E-state index contributed by atoms with van der Waals surface area (Å²) in [6, 6.07) is 5.25. The van der Waals surface area contributed by atoms with Crippen molar-refractivity contribution >= 4 is 46.1 Å². The van der Waals surface area contributed by atoms with E-state index in [1.165, 1.54) is 0 Å². The number of carbonyl (C=O) groups excluding carboxylic acids is 1. The van der Waals surface area contributed by atoms with Crippen LogP contribution in [0.5, 0.6) is 0 Å². The Morgan fingerprint density at radius 3 is 3.05 bits per heavy atom. The second kappa shape index (κ2) is 6.29. The molecule has 6 nitrogen and oxygen atoms in total. The third-order valence-corrected chi connectivity index (χ3v) is 4.77. The molecule has 1 aromatic heterocycles. The van der Waals surface area contributed by atoms with Crippen LogP contribution in [0.25, 0.3) is 0 Å². The molecular formula is C13H12ClIN4O2. The van der Waals surface area contributed by atoms with Crippen LogP contribution in [-0.4, -0.2) is 22.6 Å². The molecule has 1 aliphatic rings. The van der Waals surface area contributed by atoms with Crippen LogP contribution in [0.1, 0.15) is 35.1 Å². The molecule has 2 aromatic rings. The third kappa shape index (κ3) is 3.35. The fourth-order valence-electron chi connectivity index (χ4n) is 2.13. The van der Waals surface area contributed by atoms with Gasteiger partial charge in [0.1, 0.15) is 0 Å². The van der Waals surface area contributed by atoms with Crippen molar-refractivity contribution in [3.8, 4) is 0 Å². The Morgan fingerprint density at radius 1 is 1.48 bits per heavy atom.